The number of nitrogens with two attached hydrogens (primary N) is 1. The first-order chi connectivity index (χ1) is 7.66. The van der Waals surface area contributed by atoms with Crippen molar-refractivity contribution in [2.45, 2.75) is 12.5 Å². The summed E-state index contributed by atoms with van der Waals surface area (Å²) in [5.41, 5.74) is 6.96. The van der Waals surface area contributed by atoms with E-state index in [2.05, 4.69) is 0 Å². The molecule has 1 unspecified atom stereocenters. The average Bonchev–Trinajstić information content (AvgIpc) is 2.75. The fourth-order valence-corrected chi connectivity index (χ4v) is 2.01. The third-order valence-electron chi connectivity index (χ3n) is 2.36. The highest BCUT2D eigenvalue weighted by Crippen LogP contribution is 2.25. The lowest BCUT2D eigenvalue weighted by molar-refractivity contribution is 0.464. The van der Waals surface area contributed by atoms with E-state index >= 15 is 0 Å². The molecule has 1 aromatic heterocycles. The summed E-state index contributed by atoms with van der Waals surface area (Å²) in [6.07, 6.45) is 2.24. The van der Waals surface area contributed by atoms with Crippen molar-refractivity contribution in [3.05, 3.63) is 58.0 Å². The highest BCUT2D eigenvalue weighted by atomic mass is 35.5. The van der Waals surface area contributed by atoms with Gasteiger partial charge in [-0.2, -0.15) is 0 Å². The number of rotatable bonds is 3. The minimum absolute atomic E-state index is 0.186. The van der Waals surface area contributed by atoms with Gasteiger partial charge in [0.1, 0.15) is 5.76 Å². The molecule has 0 spiro atoms. The third-order valence-corrected chi connectivity index (χ3v) is 2.95. The molecule has 4 heteroatoms. The highest BCUT2D eigenvalue weighted by molar-refractivity contribution is 6.35. The van der Waals surface area contributed by atoms with E-state index in [0.717, 1.165) is 11.3 Å². The van der Waals surface area contributed by atoms with Gasteiger partial charge in [-0.1, -0.05) is 29.3 Å². The summed E-state index contributed by atoms with van der Waals surface area (Å²) >= 11 is 11.9. The van der Waals surface area contributed by atoms with E-state index in [1.165, 1.54) is 0 Å². The lowest BCUT2D eigenvalue weighted by atomic mass is 10.0. The van der Waals surface area contributed by atoms with Crippen molar-refractivity contribution in [3.8, 4) is 0 Å². The number of benzene rings is 1. The summed E-state index contributed by atoms with van der Waals surface area (Å²) in [6.45, 7) is 0. The zero-order chi connectivity index (χ0) is 11.5. The van der Waals surface area contributed by atoms with Gasteiger partial charge in [0.15, 0.2) is 0 Å². The molecule has 2 nitrogen and oxygen atoms in total. The average molecular weight is 256 g/mol. The maximum Gasteiger partial charge on any atom is 0.120 e. The molecular formula is C12H11Cl2NO. The standard InChI is InChI=1S/C12H11Cl2NO/c13-9-4-3-8(10(14)7-9)6-11(15)12-2-1-5-16-12/h1-5,7,11H,6,15H2. The Morgan fingerprint density at radius 2 is 2.06 bits per heavy atom. The van der Waals surface area contributed by atoms with Crippen LogP contribution in [0.15, 0.2) is 41.0 Å². The molecule has 0 saturated heterocycles. The second kappa shape index (κ2) is 4.91. The molecule has 1 heterocycles. The number of hydrogen-bond donors (Lipinski definition) is 1. The number of halogens is 2. The van der Waals surface area contributed by atoms with Crippen molar-refractivity contribution < 1.29 is 4.42 Å². The summed E-state index contributed by atoms with van der Waals surface area (Å²) in [4.78, 5) is 0. The summed E-state index contributed by atoms with van der Waals surface area (Å²) in [6, 6.07) is 8.89. The molecule has 0 bridgehead atoms. The minimum Gasteiger partial charge on any atom is -0.468 e. The first-order valence-corrected chi connectivity index (χ1v) is 5.65. The van der Waals surface area contributed by atoms with E-state index < -0.39 is 0 Å². The normalized spacial score (nSPS) is 12.7. The molecule has 0 saturated carbocycles. The Labute approximate surface area is 104 Å². The van der Waals surface area contributed by atoms with Crippen LogP contribution in [-0.2, 0) is 6.42 Å². The lowest BCUT2D eigenvalue weighted by Crippen LogP contribution is -2.12. The molecule has 0 radical (unpaired) electrons. The first kappa shape index (κ1) is 11.5. The SMILES string of the molecule is NC(Cc1ccc(Cl)cc1Cl)c1ccco1. The van der Waals surface area contributed by atoms with E-state index in [-0.39, 0.29) is 6.04 Å². The highest BCUT2D eigenvalue weighted by Gasteiger charge is 2.11. The molecule has 0 fully saturated rings. The number of hydrogen-bond acceptors (Lipinski definition) is 2. The van der Waals surface area contributed by atoms with Crippen LogP contribution in [-0.4, -0.2) is 0 Å². The van der Waals surface area contributed by atoms with E-state index in [9.17, 15) is 0 Å². The van der Waals surface area contributed by atoms with Crippen LogP contribution in [0.25, 0.3) is 0 Å². The smallest absolute Gasteiger partial charge is 0.120 e. The van der Waals surface area contributed by atoms with Crippen LogP contribution >= 0.6 is 23.2 Å². The van der Waals surface area contributed by atoms with Gasteiger partial charge in [0, 0.05) is 10.0 Å². The predicted molar refractivity (Wildman–Crippen MR) is 65.8 cm³/mol. The second-order valence-electron chi connectivity index (χ2n) is 3.56. The molecule has 84 valence electrons. The van der Waals surface area contributed by atoms with Gasteiger partial charge in [-0.15, -0.1) is 0 Å². The fourth-order valence-electron chi connectivity index (χ4n) is 1.53. The Hall–Kier alpha value is -0.960. The van der Waals surface area contributed by atoms with Gasteiger partial charge in [-0.25, -0.2) is 0 Å². The van der Waals surface area contributed by atoms with Crippen molar-refractivity contribution in [3.63, 3.8) is 0 Å². The van der Waals surface area contributed by atoms with Crippen LogP contribution < -0.4 is 5.73 Å². The second-order valence-corrected chi connectivity index (χ2v) is 4.41. The van der Waals surface area contributed by atoms with E-state index in [1.54, 1.807) is 18.4 Å². The Morgan fingerprint density at radius 1 is 1.25 bits per heavy atom. The van der Waals surface area contributed by atoms with Gasteiger partial charge in [-0.05, 0) is 36.2 Å². The van der Waals surface area contributed by atoms with Crippen LogP contribution in [0.1, 0.15) is 17.4 Å². The van der Waals surface area contributed by atoms with E-state index in [1.807, 2.05) is 18.2 Å². The molecule has 2 aromatic rings. The van der Waals surface area contributed by atoms with Gasteiger partial charge in [-0.3, -0.25) is 0 Å². The third kappa shape index (κ3) is 2.59. The lowest BCUT2D eigenvalue weighted by Gasteiger charge is -2.10. The van der Waals surface area contributed by atoms with Crippen LogP contribution in [0, 0.1) is 0 Å². The maximum atomic E-state index is 6.06. The monoisotopic (exact) mass is 255 g/mol. The predicted octanol–water partition coefficient (Wildman–Crippen LogP) is 3.83. The molecule has 0 aliphatic rings. The molecular weight excluding hydrogens is 245 g/mol. The maximum absolute atomic E-state index is 6.06. The first-order valence-electron chi connectivity index (χ1n) is 4.89. The van der Waals surface area contributed by atoms with Crippen LogP contribution in [0.2, 0.25) is 10.0 Å². The molecule has 0 aliphatic heterocycles. The van der Waals surface area contributed by atoms with Gasteiger partial charge in [0.2, 0.25) is 0 Å². The van der Waals surface area contributed by atoms with Crippen molar-refractivity contribution in [1.82, 2.24) is 0 Å². The van der Waals surface area contributed by atoms with Crippen molar-refractivity contribution >= 4 is 23.2 Å². The van der Waals surface area contributed by atoms with Crippen molar-refractivity contribution in [2.75, 3.05) is 0 Å². The summed E-state index contributed by atoms with van der Waals surface area (Å²) in [5.74, 6) is 0.756. The molecule has 16 heavy (non-hydrogen) atoms. The summed E-state index contributed by atoms with van der Waals surface area (Å²) < 4.78 is 5.24. The Balaban J connectivity index is 2.15. The topological polar surface area (TPSA) is 39.2 Å². The molecule has 1 aromatic carbocycles. The molecule has 1 atom stereocenters. The van der Waals surface area contributed by atoms with Gasteiger partial charge in [0.05, 0.1) is 12.3 Å². The van der Waals surface area contributed by atoms with Crippen molar-refractivity contribution in [1.29, 1.82) is 0 Å². The summed E-state index contributed by atoms with van der Waals surface area (Å²) in [5, 5.41) is 1.26. The van der Waals surface area contributed by atoms with Gasteiger partial charge >= 0.3 is 0 Å². The molecule has 0 aliphatic carbocycles. The zero-order valence-corrected chi connectivity index (χ0v) is 10.0. The van der Waals surface area contributed by atoms with E-state index in [0.29, 0.717) is 16.5 Å². The van der Waals surface area contributed by atoms with Crippen LogP contribution in [0.3, 0.4) is 0 Å². The van der Waals surface area contributed by atoms with E-state index in [4.69, 9.17) is 33.4 Å². The van der Waals surface area contributed by atoms with Gasteiger partial charge in [0.25, 0.3) is 0 Å². The quantitative estimate of drug-likeness (QED) is 0.906. The molecule has 2 N–H and O–H groups in total. The largest absolute Gasteiger partial charge is 0.468 e. The molecule has 0 amide bonds. The number of furan rings is 1. The van der Waals surface area contributed by atoms with Gasteiger partial charge < -0.3 is 10.2 Å². The Morgan fingerprint density at radius 3 is 2.69 bits per heavy atom. The van der Waals surface area contributed by atoms with Crippen molar-refractivity contribution in [2.24, 2.45) is 5.73 Å². The minimum atomic E-state index is -0.186. The summed E-state index contributed by atoms with van der Waals surface area (Å²) in [7, 11) is 0. The Kier molecular flexibility index (Phi) is 3.54. The van der Waals surface area contributed by atoms with Crippen LogP contribution in [0.4, 0.5) is 0 Å². The zero-order valence-electron chi connectivity index (χ0n) is 8.49. The van der Waals surface area contributed by atoms with Crippen LogP contribution in [0.5, 0.6) is 0 Å². The molecule has 2 rings (SSSR count). The Bertz CT molecular complexity index is 468. The fraction of sp³-hybridized carbons (Fsp3) is 0.167.